The normalized spacial score (nSPS) is 10.1. The highest BCUT2D eigenvalue weighted by atomic mass is 32.2. The van der Waals surface area contributed by atoms with E-state index >= 15 is 0 Å². The molecule has 1 aromatic carbocycles. The third-order valence-corrected chi connectivity index (χ3v) is 3.84. The number of methoxy groups -OCH3 is 1. The number of hydrogen-bond donors (Lipinski definition) is 2. The number of amides is 2. The number of ether oxygens (including phenoxy) is 1. The van der Waals surface area contributed by atoms with E-state index < -0.39 is 0 Å². The van der Waals surface area contributed by atoms with Crippen LogP contribution in [0.25, 0.3) is 0 Å². The largest absolute Gasteiger partial charge is 0.495 e. The number of nitrogens with zero attached hydrogens (tertiary/aromatic N) is 2. The van der Waals surface area contributed by atoms with Crippen molar-refractivity contribution < 1.29 is 14.3 Å². The second-order valence-corrected chi connectivity index (χ2v) is 5.97. The molecule has 0 spiro atoms. The molecular weight excluding hydrogens is 328 g/mol. The molecule has 8 heteroatoms. The summed E-state index contributed by atoms with van der Waals surface area (Å²) in [7, 11) is 1.56. The Balaban J connectivity index is 1.91. The highest BCUT2D eigenvalue weighted by Crippen LogP contribution is 2.25. The number of benzene rings is 1. The summed E-state index contributed by atoms with van der Waals surface area (Å²) in [5, 5.41) is 13.8. The molecule has 0 atom stereocenters. The third kappa shape index (κ3) is 5.24. The van der Waals surface area contributed by atoms with Gasteiger partial charge in [0, 0.05) is 6.92 Å². The number of hydrogen-bond acceptors (Lipinski definition) is 6. The van der Waals surface area contributed by atoms with E-state index in [4.69, 9.17) is 4.74 Å². The topological polar surface area (TPSA) is 93.2 Å². The molecule has 0 aliphatic rings. The van der Waals surface area contributed by atoms with Gasteiger partial charge < -0.3 is 15.4 Å². The van der Waals surface area contributed by atoms with E-state index in [2.05, 4.69) is 20.8 Å². The number of aryl methyl sites for hydroxylation is 1. The van der Waals surface area contributed by atoms with Crippen LogP contribution >= 0.6 is 11.8 Å². The van der Waals surface area contributed by atoms with Gasteiger partial charge in [0.15, 0.2) is 5.82 Å². The van der Waals surface area contributed by atoms with Gasteiger partial charge in [0.25, 0.3) is 0 Å². The maximum atomic E-state index is 12.1. The van der Waals surface area contributed by atoms with Gasteiger partial charge in [-0.15, -0.1) is 10.2 Å². The second kappa shape index (κ2) is 8.30. The molecule has 0 aliphatic heterocycles. The lowest BCUT2D eigenvalue weighted by Crippen LogP contribution is -2.15. The molecule has 1 heterocycles. The number of anilines is 2. The maximum Gasteiger partial charge on any atom is 0.234 e. The van der Waals surface area contributed by atoms with Gasteiger partial charge in [0.1, 0.15) is 10.8 Å². The first-order valence-electron chi connectivity index (χ1n) is 7.16. The van der Waals surface area contributed by atoms with Gasteiger partial charge in [0.2, 0.25) is 11.8 Å². The first kappa shape index (κ1) is 17.7. The quantitative estimate of drug-likeness (QED) is 0.781. The Morgan fingerprint density at radius 3 is 2.58 bits per heavy atom. The highest BCUT2D eigenvalue weighted by Gasteiger charge is 2.09. The van der Waals surface area contributed by atoms with E-state index in [1.807, 2.05) is 25.1 Å². The van der Waals surface area contributed by atoms with Crippen LogP contribution in [0.3, 0.4) is 0 Å². The van der Waals surface area contributed by atoms with Crippen LogP contribution in [0.4, 0.5) is 11.5 Å². The van der Waals surface area contributed by atoms with Crippen LogP contribution < -0.4 is 15.4 Å². The number of rotatable bonds is 6. The molecule has 2 aromatic rings. The minimum Gasteiger partial charge on any atom is -0.495 e. The Hall–Kier alpha value is -2.61. The van der Waals surface area contributed by atoms with Crippen LogP contribution in [0.2, 0.25) is 0 Å². The lowest BCUT2D eigenvalue weighted by atomic mass is 10.2. The van der Waals surface area contributed by atoms with Crippen LogP contribution in [0, 0.1) is 6.92 Å². The third-order valence-electron chi connectivity index (χ3n) is 2.92. The van der Waals surface area contributed by atoms with Crippen molar-refractivity contribution in [2.75, 3.05) is 23.5 Å². The van der Waals surface area contributed by atoms with Gasteiger partial charge in [-0.25, -0.2) is 0 Å². The number of aromatic nitrogens is 2. The molecule has 126 valence electrons. The van der Waals surface area contributed by atoms with Crippen molar-refractivity contribution in [2.24, 2.45) is 0 Å². The van der Waals surface area contributed by atoms with Gasteiger partial charge in [-0.3, -0.25) is 9.59 Å². The molecule has 2 rings (SSSR count). The fraction of sp³-hybridized carbons (Fsp3) is 0.250. The Labute approximate surface area is 144 Å². The summed E-state index contributed by atoms with van der Waals surface area (Å²) < 4.78 is 5.23. The monoisotopic (exact) mass is 346 g/mol. The molecule has 24 heavy (non-hydrogen) atoms. The van der Waals surface area contributed by atoms with Crippen LogP contribution in [-0.4, -0.2) is 34.9 Å². The van der Waals surface area contributed by atoms with Crippen molar-refractivity contribution in [1.82, 2.24) is 10.2 Å². The van der Waals surface area contributed by atoms with E-state index in [1.54, 1.807) is 19.2 Å². The fourth-order valence-electron chi connectivity index (χ4n) is 1.89. The fourth-order valence-corrected chi connectivity index (χ4v) is 2.50. The minimum atomic E-state index is -0.212. The smallest absolute Gasteiger partial charge is 0.234 e. The molecule has 7 nitrogen and oxygen atoms in total. The molecule has 0 bridgehead atoms. The molecule has 0 unspecified atom stereocenters. The van der Waals surface area contributed by atoms with Crippen molar-refractivity contribution in [1.29, 1.82) is 0 Å². The summed E-state index contributed by atoms with van der Waals surface area (Å²) >= 11 is 1.25. The van der Waals surface area contributed by atoms with Gasteiger partial charge in [0.05, 0.1) is 18.6 Å². The van der Waals surface area contributed by atoms with Crippen molar-refractivity contribution in [3.8, 4) is 5.75 Å². The van der Waals surface area contributed by atoms with E-state index in [1.165, 1.54) is 18.7 Å². The molecule has 0 saturated carbocycles. The van der Waals surface area contributed by atoms with E-state index in [0.29, 0.717) is 22.3 Å². The average Bonchev–Trinajstić information content (AvgIpc) is 2.54. The summed E-state index contributed by atoms with van der Waals surface area (Å²) in [5.41, 5.74) is 1.66. The molecule has 0 radical (unpaired) electrons. The standard InChI is InChI=1S/C16H18N4O3S/c1-10-4-5-13(23-3)12(8-10)18-15(22)9-24-16-7-6-14(19-20-16)17-11(2)21/h4-8H,9H2,1-3H3,(H,18,22)(H,17,19,21). The Morgan fingerprint density at radius 2 is 1.96 bits per heavy atom. The lowest BCUT2D eigenvalue weighted by Gasteiger charge is -2.10. The zero-order valence-corrected chi connectivity index (χ0v) is 14.4. The predicted octanol–water partition coefficient (Wildman–Crippen LogP) is 2.48. The number of thioether (sulfide) groups is 1. The molecule has 2 N–H and O–H groups in total. The minimum absolute atomic E-state index is 0.170. The zero-order chi connectivity index (χ0) is 17.5. The van der Waals surface area contributed by atoms with Gasteiger partial charge >= 0.3 is 0 Å². The van der Waals surface area contributed by atoms with E-state index in [0.717, 1.165) is 5.56 Å². The molecular formula is C16H18N4O3S. The van der Waals surface area contributed by atoms with Crippen molar-refractivity contribution in [3.05, 3.63) is 35.9 Å². The second-order valence-electron chi connectivity index (χ2n) is 4.98. The average molecular weight is 346 g/mol. The summed E-state index contributed by atoms with van der Waals surface area (Å²) in [6, 6.07) is 8.91. The molecule has 0 fully saturated rings. The zero-order valence-electron chi connectivity index (χ0n) is 13.6. The van der Waals surface area contributed by atoms with Crippen LogP contribution in [0.5, 0.6) is 5.75 Å². The molecule has 0 aliphatic carbocycles. The maximum absolute atomic E-state index is 12.1. The van der Waals surface area contributed by atoms with Crippen LogP contribution in [0.15, 0.2) is 35.4 Å². The summed E-state index contributed by atoms with van der Waals surface area (Å²) in [5.74, 6) is 0.789. The molecule has 2 amide bonds. The van der Waals surface area contributed by atoms with E-state index in [9.17, 15) is 9.59 Å². The number of carbonyl (C=O) groups is 2. The van der Waals surface area contributed by atoms with Crippen LogP contribution in [-0.2, 0) is 9.59 Å². The SMILES string of the molecule is COc1ccc(C)cc1NC(=O)CSc1ccc(NC(C)=O)nn1. The predicted molar refractivity (Wildman–Crippen MR) is 93.4 cm³/mol. The van der Waals surface area contributed by atoms with E-state index in [-0.39, 0.29) is 17.6 Å². The van der Waals surface area contributed by atoms with Gasteiger partial charge in [-0.2, -0.15) is 0 Å². The summed E-state index contributed by atoms with van der Waals surface area (Å²) in [6.07, 6.45) is 0. The Bertz CT molecular complexity index is 735. The van der Waals surface area contributed by atoms with Gasteiger partial charge in [-0.1, -0.05) is 17.8 Å². The Kier molecular flexibility index (Phi) is 6.14. The first-order chi connectivity index (χ1) is 11.5. The van der Waals surface area contributed by atoms with Crippen molar-refractivity contribution in [2.45, 2.75) is 18.9 Å². The number of nitrogens with one attached hydrogen (secondary N) is 2. The number of carbonyl (C=O) groups excluding carboxylic acids is 2. The highest BCUT2D eigenvalue weighted by molar-refractivity contribution is 7.99. The van der Waals surface area contributed by atoms with Crippen molar-refractivity contribution >= 4 is 35.1 Å². The Morgan fingerprint density at radius 1 is 1.17 bits per heavy atom. The van der Waals surface area contributed by atoms with Gasteiger partial charge in [-0.05, 0) is 36.8 Å². The summed E-state index contributed by atoms with van der Waals surface area (Å²) in [4.78, 5) is 23.0. The summed E-state index contributed by atoms with van der Waals surface area (Å²) in [6.45, 7) is 3.34. The first-order valence-corrected chi connectivity index (χ1v) is 8.15. The lowest BCUT2D eigenvalue weighted by molar-refractivity contribution is -0.114. The van der Waals surface area contributed by atoms with Crippen LogP contribution in [0.1, 0.15) is 12.5 Å². The molecule has 1 aromatic heterocycles. The van der Waals surface area contributed by atoms with Crippen molar-refractivity contribution in [3.63, 3.8) is 0 Å². The molecule has 0 saturated heterocycles.